The van der Waals surface area contributed by atoms with Crippen LogP contribution >= 0.6 is 0 Å². The van der Waals surface area contributed by atoms with Crippen LogP contribution in [0.5, 0.6) is 5.75 Å². The van der Waals surface area contributed by atoms with Gasteiger partial charge in [0.25, 0.3) is 0 Å². The Morgan fingerprint density at radius 1 is 1.17 bits per heavy atom. The Labute approximate surface area is 170 Å². The number of carbonyl (C=O) groups is 1. The van der Waals surface area contributed by atoms with Crippen LogP contribution in [0.1, 0.15) is 31.4 Å². The van der Waals surface area contributed by atoms with Gasteiger partial charge in [-0.1, -0.05) is 36.4 Å². The van der Waals surface area contributed by atoms with Gasteiger partial charge in [0.15, 0.2) is 0 Å². The van der Waals surface area contributed by atoms with Crippen molar-refractivity contribution in [3.05, 3.63) is 66.5 Å². The van der Waals surface area contributed by atoms with Gasteiger partial charge in [-0.2, -0.15) is 5.10 Å². The summed E-state index contributed by atoms with van der Waals surface area (Å²) in [7, 11) is 0. The molecule has 1 aromatic heterocycles. The van der Waals surface area contributed by atoms with Crippen molar-refractivity contribution in [1.29, 1.82) is 0 Å². The molecule has 0 spiro atoms. The fourth-order valence-electron chi connectivity index (χ4n) is 2.85. The number of aromatic nitrogens is 2. The molecule has 3 aromatic rings. The largest absolute Gasteiger partial charge is 0.491 e. The van der Waals surface area contributed by atoms with Crippen molar-refractivity contribution in [2.45, 2.75) is 25.9 Å². The molecular weight excluding hydrogens is 368 g/mol. The standard InChI is InChI=1S/C22H26N4O3/c1-16(17-7-3-2-4-8-17)29-22(27)26-20-10-9-18(19-14-24-25-15-19)13-21(20)28-12-6-5-11-23/h2-4,7-10,13-16H,5-6,11-12,23H2,1H3,(H,24,25)(H,26,27). The van der Waals surface area contributed by atoms with Crippen LogP contribution in [0.3, 0.4) is 0 Å². The van der Waals surface area contributed by atoms with Crippen LogP contribution in [0, 0.1) is 0 Å². The number of aromatic amines is 1. The topological polar surface area (TPSA) is 102 Å². The second kappa shape index (κ2) is 10.3. The zero-order valence-electron chi connectivity index (χ0n) is 16.4. The van der Waals surface area contributed by atoms with Gasteiger partial charge in [0.2, 0.25) is 0 Å². The van der Waals surface area contributed by atoms with E-state index in [9.17, 15) is 4.79 Å². The second-order valence-electron chi connectivity index (χ2n) is 6.63. The molecule has 1 unspecified atom stereocenters. The van der Waals surface area contributed by atoms with Crippen LogP contribution < -0.4 is 15.8 Å². The van der Waals surface area contributed by atoms with E-state index in [0.717, 1.165) is 29.5 Å². The highest BCUT2D eigenvalue weighted by Gasteiger charge is 2.15. The zero-order valence-corrected chi connectivity index (χ0v) is 16.4. The first-order chi connectivity index (χ1) is 14.2. The molecule has 0 bridgehead atoms. The van der Waals surface area contributed by atoms with Gasteiger partial charge in [0.05, 0.1) is 18.5 Å². The molecule has 0 aliphatic heterocycles. The molecule has 0 aliphatic rings. The summed E-state index contributed by atoms with van der Waals surface area (Å²) in [6.07, 6.45) is 4.34. The molecule has 7 heteroatoms. The lowest BCUT2D eigenvalue weighted by atomic mass is 10.1. The zero-order chi connectivity index (χ0) is 20.5. The van der Waals surface area contributed by atoms with E-state index in [1.807, 2.05) is 49.4 Å². The summed E-state index contributed by atoms with van der Waals surface area (Å²) < 4.78 is 11.4. The molecule has 0 saturated heterocycles. The molecule has 3 rings (SSSR count). The highest BCUT2D eigenvalue weighted by molar-refractivity contribution is 5.88. The number of nitrogens with one attached hydrogen (secondary N) is 2. The number of hydrogen-bond acceptors (Lipinski definition) is 5. The molecule has 29 heavy (non-hydrogen) atoms. The summed E-state index contributed by atoms with van der Waals surface area (Å²) in [5.74, 6) is 0.574. The minimum Gasteiger partial charge on any atom is -0.491 e. The first-order valence-electron chi connectivity index (χ1n) is 9.66. The number of hydrogen-bond donors (Lipinski definition) is 3. The number of benzene rings is 2. The Morgan fingerprint density at radius 3 is 2.72 bits per heavy atom. The van der Waals surface area contributed by atoms with Gasteiger partial charge in [0.1, 0.15) is 11.9 Å². The fraction of sp³-hybridized carbons (Fsp3) is 0.273. The molecule has 4 N–H and O–H groups in total. The number of unbranched alkanes of at least 4 members (excludes halogenated alkanes) is 1. The van der Waals surface area contributed by atoms with Crippen molar-refractivity contribution < 1.29 is 14.3 Å². The average molecular weight is 394 g/mol. The lowest BCUT2D eigenvalue weighted by Gasteiger charge is -2.17. The third kappa shape index (κ3) is 5.83. The van der Waals surface area contributed by atoms with Crippen LogP contribution in [0.4, 0.5) is 10.5 Å². The van der Waals surface area contributed by atoms with E-state index >= 15 is 0 Å². The van der Waals surface area contributed by atoms with Crippen molar-refractivity contribution in [1.82, 2.24) is 10.2 Å². The summed E-state index contributed by atoms with van der Waals surface area (Å²) in [6, 6.07) is 15.2. The maximum Gasteiger partial charge on any atom is 0.412 e. The normalized spacial score (nSPS) is 11.7. The third-order valence-corrected chi connectivity index (χ3v) is 4.46. The summed E-state index contributed by atoms with van der Waals surface area (Å²) >= 11 is 0. The van der Waals surface area contributed by atoms with E-state index in [-0.39, 0.29) is 6.10 Å². The van der Waals surface area contributed by atoms with Gasteiger partial charge in [-0.25, -0.2) is 4.79 Å². The van der Waals surface area contributed by atoms with Crippen molar-refractivity contribution in [2.24, 2.45) is 5.73 Å². The van der Waals surface area contributed by atoms with Crippen LogP contribution in [0.15, 0.2) is 60.9 Å². The van der Waals surface area contributed by atoms with Crippen molar-refractivity contribution in [2.75, 3.05) is 18.5 Å². The van der Waals surface area contributed by atoms with E-state index in [1.54, 1.807) is 18.5 Å². The predicted octanol–water partition coefficient (Wildman–Crippen LogP) is 4.50. The van der Waals surface area contributed by atoms with Crippen LogP contribution in [-0.4, -0.2) is 29.4 Å². The Kier molecular flexibility index (Phi) is 7.24. The third-order valence-electron chi connectivity index (χ3n) is 4.46. The summed E-state index contributed by atoms with van der Waals surface area (Å²) in [4.78, 5) is 12.4. The number of nitrogens with two attached hydrogens (primary N) is 1. The summed E-state index contributed by atoms with van der Waals surface area (Å²) in [5.41, 5.74) is 8.89. The second-order valence-corrected chi connectivity index (χ2v) is 6.63. The number of carbonyl (C=O) groups excluding carboxylic acids is 1. The highest BCUT2D eigenvalue weighted by atomic mass is 16.6. The number of rotatable bonds is 9. The molecule has 0 saturated carbocycles. The van der Waals surface area contributed by atoms with Crippen LogP contribution in [-0.2, 0) is 4.74 Å². The van der Waals surface area contributed by atoms with E-state index in [1.165, 1.54) is 0 Å². The smallest absolute Gasteiger partial charge is 0.412 e. The maximum absolute atomic E-state index is 12.4. The number of ether oxygens (including phenoxy) is 2. The molecular formula is C22H26N4O3. The predicted molar refractivity (Wildman–Crippen MR) is 113 cm³/mol. The van der Waals surface area contributed by atoms with E-state index in [2.05, 4.69) is 15.5 Å². The molecule has 0 radical (unpaired) electrons. The maximum atomic E-state index is 12.4. The lowest BCUT2D eigenvalue weighted by Crippen LogP contribution is -2.17. The minimum atomic E-state index is -0.538. The van der Waals surface area contributed by atoms with Gasteiger partial charge in [0, 0.05) is 11.8 Å². The van der Waals surface area contributed by atoms with Crippen molar-refractivity contribution in [3.8, 4) is 16.9 Å². The monoisotopic (exact) mass is 394 g/mol. The Hall–Kier alpha value is -3.32. The quantitative estimate of drug-likeness (QED) is 0.464. The van der Waals surface area contributed by atoms with Gasteiger partial charge in [-0.05, 0) is 49.6 Å². The molecule has 152 valence electrons. The molecule has 0 fully saturated rings. The SMILES string of the molecule is CC(OC(=O)Nc1ccc(-c2cn[nH]c2)cc1OCCCCN)c1ccccc1. The lowest BCUT2D eigenvalue weighted by molar-refractivity contribution is 0.121. The minimum absolute atomic E-state index is 0.365. The molecule has 2 aromatic carbocycles. The van der Waals surface area contributed by atoms with Crippen molar-refractivity contribution in [3.63, 3.8) is 0 Å². The Morgan fingerprint density at radius 2 is 2.00 bits per heavy atom. The number of nitrogens with zero attached hydrogens (tertiary/aromatic N) is 1. The molecule has 0 aliphatic carbocycles. The van der Waals surface area contributed by atoms with Gasteiger partial charge in [-0.3, -0.25) is 10.4 Å². The van der Waals surface area contributed by atoms with Crippen LogP contribution in [0.2, 0.25) is 0 Å². The first-order valence-corrected chi connectivity index (χ1v) is 9.66. The summed E-state index contributed by atoms with van der Waals surface area (Å²) in [5, 5.41) is 9.56. The molecule has 1 amide bonds. The number of H-pyrrole nitrogens is 1. The van der Waals surface area contributed by atoms with Gasteiger partial charge < -0.3 is 15.2 Å². The number of amides is 1. The number of anilines is 1. The average Bonchev–Trinajstić information content (AvgIpc) is 3.27. The fourth-order valence-corrected chi connectivity index (χ4v) is 2.85. The van der Waals surface area contributed by atoms with Gasteiger partial charge >= 0.3 is 6.09 Å². The highest BCUT2D eigenvalue weighted by Crippen LogP contribution is 2.31. The van der Waals surface area contributed by atoms with E-state index in [0.29, 0.717) is 24.6 Å². The Balaban J connectivity index is 1.71. The van der Waals surface area contributed by atoms with Crippen LogP contribution in [0.25, 0.3) is 11.1 Å². The molecule has 7 nitrogen and oxygen atoms in total. The Bertz CT molecular complexity index is 898. The summed E-state index contributed by atoms with van der Waals surface area (Å²) in [6.45, 7) is 2.96. The van der Waals surface area contributed by atoms with E-state index < -0.39 is 6.09 Å². The first kappa shape index (κ1) is 20.4. The van der Waals surface area contributed by atoms with Gasteiger partial charge in [-0.15, -0.1) is 0 Å². The molecule has 1 heterocycles. The van der Waals surface area contributed by atoms with E-state index in [4.69, 9.17) is 15.2 Å². The molecule has 1 atom stereocenters. The van der Waals surface area contributed by atoms with Crippen molar-refractivity contribution >= 4 is 11.8 Å².